The largest absolute Gasteiger partial charge is 0.334 e. The number of imidazole rings is 1. The van der Waals surface area contributed by atoms with Crippen LogP contribution in [0.5, 0.6) is 0 Å². The summed E-state index contributed by atoms with van der Waals surface area (Å²) in [6.07, 6.45) is 3.96. The Hall–Kier alpha value is -2.73. The van der Waals surface area contributed by atoms with Gasteiger partial charge >= 0.3 is 0 Å². The molecular weight excluding hydrogens is 379 g/mol. The lowest BCUT2D eigenvalue weighted by Gasteiger charge is -2.32. The Morgan fingerprint density at radius 3 is 2.47 bits per heavy atom. The number of nitrogens with one attached hydrogen (secondary N) is 1. The van der Waals surface area contributed by atoms with Crippen molar-refractivity contribution in [3.63, 3.8) is 0 Å². The Bertz CT molecular complexity index is 1090. The molecule has 1 amide bonds. The number of amides is 1. The molecule has 1 aliphatic rings. The summed E-state index contributed by atoms with van der Waals surface area (Å²) in [6.45, 7) is 11.8. The smallest absolute Gasteiger partial charge is 0.255 e. The zero-order chi connectivity index (χ0) is 21.6. The van der Waals surface area contributed by atoms with Crippen molar-refractivity contribution in [2.24, 2.45) is 0 Å². The minimum Gasteiger partial charge on any atom is -0.334 e. The molecule has 3 heterocycles. The van der Waals surface area contributed by atoms with Crippen molar-refractivity contribution in [1.29, 1.82) is 0 Å². The van der Waals surface area contributed by atoms with Gasteiger partial charge < -0.3 is 14.6 Å². The minimum absolute atomic E-state index is 0.0123. The highest BCUT2D eigenvalue weighted by atomic mass is 19.1. The third-order valence-electron chi connectivity index (χ3n) is 5.95. The van der Waals surface area contributed by atoms with Crippen molar-refractivity contribution in [1.82, 2.24) is 19.6 Å². The number of nitrogens with zero attached hydrogens (tertiary/aromatic N) is 3. The molecule has 1 aromatic carbocycles. The van der Waals surface area contributed by atoms with Crippen LogP contribution in [0, 0.1) is 12.7 Å². The van der Waals surface area contributed by atoms with Gasteiger partial charge in [-0.25, -0.2) is 9.37 Å². The number of aromatic nitrogens is 2. The fourth-order valence-corrected chi connectivity index (χ4v) is 4.34. The molecular formula is C24H29FN4O. The van der Waals surface area contributed by atoms with Crippen LogP contribution in [0.4, 0.5) is 4.39 Å². The summed E-state index contributed by atoms with van der Waals surface area (Å²) in [7, 11) is 0. The van der Waals surface area contributed by atoms with Crippen molar-refractivity contribution >= 4 is 11.4 Å². The highest BCUT2D eigenvalue weighted by Gasteiger charge is 2.27. The summed E-state index contributed by atoms with van der Waals surface area (Å²) in [4.78, 5) is 19.8. The van der Waals surface area contributed by atoms with Crippen LogP contribution in [0.3, 0.4) is 0 Å². The quantitative estimate of drug-likeness (QED) is 0.681. The first-order valence-electron chi connectivity index (χ1n) is 10.6. The van der Waals surface area contributed by atoms with E-state index in [4.69, 9.17) is 0 Å². The lowest BCUT2D eigenvalue weighted by Crippen LogP contribution is -2.42. The second kappa shape index (κ2) is 7.84. The van der Waals surface area contributed by atoms with Crippen molar-refractivity contribution in [2.45, 2.75) is 52.6 Å². The molecule has 0 bridgehead atoms. The molecule has 1 saturated heterocycles. The summed E-state index contributed by atoms with van der Waals surface area (Å²) >= 11 is 0. The van der Waals surface area contributed by atoms with Crippen molar-refractivity contribution < 1.29 is 9.18 Å². The summed E-state index contributed by atoms with van der Waals surface area (Å²) in [5.41, 5.74) is 4.17. The Balaban J connectivity index is 1.93. The predicted molar refractivity (Wildman–Crippen MR) is 117 cm³/mol. The van der Waals surface area contributed by atoms with E-state index in [9.17, 15) is 9.18 Å². The van der Waals surface area contributed by atoms with Gasteiger partial charge in [0.25, 0.3) is 5.91 Å². The zero-order valence-corrected chi connectivity index (χ0v) is 18.2. The topological polar surface area (TPSA) is 49.6 Å². The van der Waals surface area contributed by atoms with Crippen LogP contribution < -0.4 is 5.32 Å². The van der Waals surface area contributed by atoms with Crippen molar-refractivity contribution in [3.05, 3.63) is 59.4 Å². The van der Waals surface area contributed by atoms with Crippen molar-refractivity contribution in [2.75, 3.05) is 13.1 Å². The van der Waals surface area contributed by atoms with Gasteiger partial charge in [0.2, 0.25) is 0 Å². The van der Waals surface area contributed by atoms with E-state index in [2.05, 4.69) is 27.0 Å². The Labute approximate surface area is 176 Å². The SMILES string of the molecule is Cc1ncc2c(-c3ccc(F)cc3C(=O)N(C(C)C)C(C)C)cc(C3CNC3)cn12. The molecule has 158 valence electrons. The first-order chi connectivity index (χ1) is 14.3. The zero-order valence-electron chi connectivity index (χ0n) is 18.2. The number of pyridine rings is 1. The van der Waals surface area contributed by atoms with Gasteiger partial charge in [-0.15, -0.1) is 0 Å². The Kier molecular flexibility index (Phi) is 5.36. The standard InChI is InChI=1S/C24H29FN4O/c1-14(2)29(15(3)4)24(30)22-9-19(25)6-7-20(22)21-8-17(18-10-26-11-18)13-28-16(5)27-12-23(21)28/h6-9,12-15,18,26H,10-11H2,1-5H3. The maximum Gasteiger partial charge on any atom is 0.255 e. The molecule has 0 unspecified atom stereocenters. The highest BCUT2D eigenvalue weighted by Crippen LogP contribution is 2.34. The first kappa shape index (κ1) is 20.5. The number of aryl methyl sites for hydroxylation is 1. The van der Waals surface area contributed by atoms with E-state index < -0.39 is 5.82 Å². The fraction of sp³-hybridized carbons (Fsp3) is 0.417. The average Bonchev–Trinajstić information content (AvgIpc) is 3.00. The van der Waals surface area contributed by atoms with Crippen molar-refractivity contribution in [3.8, 4) is 11.1 Å². The van der Waals surface area contributed by atoms with Crippen LogP contribution in [0.25, 0.3) is 16.6 Å². The van der Waals surface area contributed by atoms with Crippen LogP contribution >= 0.6 is 0 Å². The normalized spacial score (nSPS) is 14.5. The minimum atomic E-state index is -0.408. The van der Waals surface area contributed by atoms with E-state index in [0.29, 0.717) is 11.5 Å². The van der Waals surface area contributed by atoms with Gasteiger partial charge in [-0.05, 0) is 63.9 Å². The van der Waals surface area contributed by atoms with Crippen LogP contribution in [0.2, 0.25) is 0 Å². The van der Waals surface area contributed by atoms with E-state index in [1.165, 1.54) is 17.7 Å². The molecule has 1 aliphatic heterocycles. The molecule has 2 aromatic heterocycles. The average molecular weight is 409 g/mol. The molecule has 0 spiro atoms. The number of carbonyl (C=O) groups excluding carboxylic acids is 1. The van der Waals surface area contributed by atoms with Gasteiger partial charge in [0.05, 0.1) is 17.3 Å². The molecule has 0 atom stereocenters. The third-order valence-corrected chi connectivity index (χ3v) is 5.95. The maximum absolute atomic E-state index is 14.3. The fourth-order valence-electron chi connectivity index (χ4n) is 4.34. The van der Waals surface area contributed by atoms with E-state index >= 15 is 0 Å². The molecule has 4 rings (SSSR count). The number of benzene rings is 1. The lowest BCUT2D eigenvalue weighted by molar-refractivity contribution is 0.0644. The molecule has 6 heteroatoms. The molecule has 0 radical (unpaired) electrons. The van der Waals surface area contributed by atoms with Gasteiger partial charge in [0.1, 0.15) is 11.6 Å². The monoisotopic (exact) mass is 408 g/mol. The van der Waals surface area contributed by atoms with Crippen LogP contribution in [-0.4, -0.2) is 45.4 Å². The number of halogens is 1. The maximum atomic E-state index is 14.3. The van der Waals surface area contributed by atoms with Gasteiger partial charge in [-0.3, -0.25) is 4.79 Å². The molecule has 3 aromatic rings. The van der Waals surface area contributed by atoms with Crippen LogP contribution in [-0.2, 0) is 0 Å². The summed E-state index contributed by atoms with van der Waals surface area (Å²) in [5, 5.41) is 3.32. The highest BCUT2D eigenvalue weighted by molar-refractivity contribution is 6.03. The summed E-state index contributed by atoms with van der Waals surface area (Å²) in [5.74, 6) is 0.757. The number of hydrogen-bond acceptors (Lipinski definition) is 3. The first-order valence-corrected chi connectivity index (χ1v) is 10.6. The second-order valence-electron chi connectivity index (χ2n) is 8.69. The van der Waals surface area contributed by atoms with Crippen LogP contribution in [0.15, 0.2) is 36.7 Å². The van der Waals surface area contributed by atoms with Gasteiger partial charge in [0.15, 0.2) is 0 Å². The van der Waals surface area contributed by atoms with Gasteiger partial charge in [-0.1, -0.05) is 6.07 Å². The summed E-state index contributed by atoms with van der Waals surface area (Å²) in [6, 6.07) is 6.69. The van der Waals surface area contributed by atoms with Gasteiger partial charge in [-0.2, -0.15) is 0 Å². The van der Waals surface area contributed by atoms with Crippen LogP contribution in [0.1, 0.15) is 55.4 Å². The summed E-state index contributed by atoms with van der Waals surface area (Å²) < 4.78 is 16.4. The van der Waals surface area contributed by atoms with E-state index in [1.807, 2.05) is 40.8 Å². The Morgan fingerprint density at radius 1 is 1.17 bits per heavy atom. The number of hydrogen-bond donors (Lipinski definition) is 1. The number of fused-ring (bicyclic) bond motifs is 1. The lowest BCUT2D eigenvalue weighted by atomic mass is 9.90. The second-order valence-corrected chi connectivity index (χ2v) is 8.69. The molecule has 1 N–H and O–H groups in total. The molecule has 1 fully saturated rings. The van der Waals surface area contributed by atoms with E-state index in [0.717, 1.165) is 35.6 Å². The third kappa shape index (κ3) is 3.49. The van der Waals surface area contributed by atoms with E-state index in [-0.39, 0.29) is 18.0 Å². The number of carbonyl (C=O) groups is 1. The molecule has 30 heavy (non-hydrogen) atoms. The van der Waals surface area contributed by atoms with E-state index in [1.54, 1.807) is 11.0 Å². The Morgan fingerprint density at radius 2 is 1.87 bits per heavy atom. The molecule has 0 saturated carbocycles. The number of rotatable bonds is 5. The van der Waals surface area contributed by atoms with Gasteiger partial charge in [0, 0.05) is 42.9 Å². The molecule has 5 nitrogen and oxygen atoms in total. The molecule has 0 aliphatic carbocycles. The predicted octanol–water partition coefficient (Wildman–Crippen LogP) is 4.39.